The Morgan fingerprint density at radius 1 is 1.19 bits per heavy atom. The Balaban J connectivity index is 1.27. The first-order valence-corrected chi connectivity index (χ1v) is 9.44. The summed E-state index contributed by atoms with van der Waals surface area (Å²) in [6.45, 7) is 0.952. The van der Waals surface area contributed by atoms with E-state index >= 15 is 0 Å². The number of nitrogens with one attached hydrogen (secondary N) is 2. The van der Waals surface area contributed by atoms with Gasteiger partial charge in [-0.25, -0.2) is 4.79 Å². The van der Waals surface area contributed by atoms with Crippen molar-refractivity contribution in [3.63, 3.8) is 0 Å². The molecule has 2 aliphatic rings. The van der Waals surface area contributed by atoms with Gasteiger partial charge in [0.2, 0.25) is 0 Å². The Hall–Kier alpha value is -2.67. The van der Waals surface area contributed by atoms with E-state index < -0.39 is 5.97 Å². The fourth-order valence-electron chi connectivity index (χ4n) is 3.67. The maximum Gasteiger partial charge on any atom is 0.319 e. The molecule has 142 valence electrons. The average Bonchev–Trinajstić information content (AvgIpc) is 3.41. The summed E-state index contributed by atoms with van der Waals surface area (Å²) in [7, 11) is 0. The van der Waals surface area contributed by atoms with Gasteiger partial charge in [0.05, 0.1) is 6.54 Å². The van der Waals surface area contributed by atoms with Crippen LogP contribution < -0.4 is 10.6 Å². The Morgan fingerprint density at radius 3 is 2.74 bits per heavy atom. The molecular formula is C20H24N4O3. The van der Waals surface area contributed by atoms with Crippen LogP contribution >= 0.6 is 0 Å². The molecule has 7 heteroatoms. The highest BCUT2D eigenvalue weighted by Gasteiger charge is 2.37. The minimum atomic E-state index is -0.781. The number of pyridine rings is 1. The number of carbonyl (C=O) groups is 2. The van der Waals surface area contributed by atoms with Gasteiger partial charge in [0, 0.05) is 42.1 Å². The molecule has 0 atom stereocenters. The van der Waals surface area contributed by atoms with Crippen LogP contribution in [0.3, 0.4) is 0 Å². The Morgan fingerprint density at radius 2 is 2.00 bits per heavy atom. The van der Waals surface area contributed by atoms with E-state index in [2.05, 4.69) is 20.5 Å². The molecule has 0 bridgehead atoms. The summed E-state index contributed by atoms with van der Waals surface area (Å²) in [5, 5.41) is 17.0. The van der Waals surface area contributed by atoms with E-state index in [0.717, 1.165) is 35.8 Å². The number of aromatic nitrogens is 1. The average molecular weight is 368 g/mol. The van der Waals surface area contributed by atoms with E-state index in [-0.39, 0.29) is 24.7 Å². The van der Waals surface area contributed by atoms with E-state index in [0.29, 0.717) is 5.92 Å². The summed E-state index contributed by atoms with van der Waals surface area (Å²) in [6, 6.07) is 7.74. The van der Waals surface area contributed by atoms with Crippen molar-refractivity contribution in [2.45, 2.75) is 37.8 Å². The molecule has 0 spiro atoms. The van der Waals surface area contributed by atoms with Gasteiger partial charge in [-0.15, -0.1) is 0 Å². The van der Waals surface area contributed by atoms with Crippen LogP contribution in [0, 0.1) is 5.92 Å². The van der Waals surface area contributed by atoms with Crippen LogP contribution in [0.1, 0.15) is 25.7 Å². The molecule has 0 aliphatic heterocycles. The van der Waals surface area contributed by atoms with Crippen molar-refractivity contribution < 1.29 is 14.7 Å². The van der Waals surface area contributed by atoms with E-state index in [4.69, 9.17) is 5.11 Å². The summed E-state index contributed by atoms with van der Waals surface area (Å²) in [6.07, 6.45) is 7.53. The van der Waals surface area contributed by atoms with Gasteiger partial charge in [-0.1, -0.05) is 6.07 Å². The number of benzene rings is 1. The molecule has 27 heavy (non-hydrogen) atoms. The molecule has 1 heterocycles. The summed E-state index contributed by atoms with van der Waals surface area (Å²) in [5.41, 5.74) is 0.739. The second-order valence-electron chi connectivity index (χ2n) is 7.62. The van der Waals surface area contributed by atoms with Gasteiger partial charge in [0.15, 0.2) is 0 Å². The summed E-state index contributed by atoms with van der Waals surface area (Å²) >= 11 is 0. The van der Waals surface area contributed by atoms with E-state index in [1.54, 1.807) is 12.4 Å². The first-order chi connectivity index (χ1) is 13.1. The van der Waals surface area contributed by atoms with Crippen LogP contribution in [0.5, 0.6) is 0 Å². The minimum absolute atomic E-state index is 0.0893. The van der Waals surface area contributed by atoms with Crippen LogP contribution in [0.15, 0.2) is 36.7 Å². The van der Waals surface area contributed by atoms with Crippen molar-refractivity contribution >= 4 is 28.5 Å². The van der Waals surface area contributed by atoms with Gasteiger partial charge in [-0.2, -0.15) is 0 Å². The first kappa shape index (κ1) is 17.7. The molecule has 4 rings (SSSR count). The summed E-state index contributed by atoms with van der Waals surface area (Å²) in [5.74, 6) is -0.126. The van der Waals surface area contributed by atoms with Crippen LogP contribution in [-0.4, -0.2) is 52.2 Å². The van der Waals surface area contributed by atoms with Gasteiger partial charge in [-0.05, 0) is 55.2 Å². The zero-order valence-electron chi connectivity index (χ0n) is 15.1. The molecular weight excluding hydrogens is 344 g/mol. The molecule has 3 N–H and O–H groups in total. The monoisotopic (exact) mass is 368 g/mol. The van der Waals surface area contributed by atoms with Crippen LogP contribution in [-0.2, 0) is 4.79 Å². The van der Waals surface area contributed by atoms with Crippen molar-refractivity contribution in [1.82, 2.24) is 15.2 Å². The Kier molecular flexibility index (Phi) is 4.94. The van der Waals surface area contributed by atoms with Crippen molar-refractivity contribution in [2.75, 3.05) is 18.4 Å². The number of carboxylic acids is 1. The Labute approximate surface area is 157 Å². The molecule has 2 saturated carbocycles. The number of anilines is 1. The molecule has 0 radical (unpaired) electrons. The highest BCUT2D eigenvalue weighted by atomic mass is 16.4. The highest BCUT2D eigenvalue weighted by Crippen LogP contribution is 2.33. The normalized spacial score (nSPS) is 21.7. The molecule has 2 aliphatic carbocycles. The third kappa shape index (κ3) is 4.54. The molecule has 7 nitrogen and oxygen atoms in total. The van der Waals surface area contributed by atoms with Crippen molar-refractivity contribution in [2.24, 2.45) is 5.92 Å². The predicted molar refractivity (Wildman–Crippen MR) is 103 cm³/mol. The third-order valence-corrected chi connectivity index (χ3v) is 5.39. The third-order valence-electron chi connectivity index (χ3n) is 5.39. The number of hydrogen-bond donors (Lipinski definition) is 3. The molecule has 2 amide bonds. The standard InChI is InChI=1S/C20H24N4O3/c25-19(26)12-24(11-13-1-2-13)18-8-17(9-18)23-20(27)22-16-4-3-15-10-21-6-5-14(15)7-16/h3-7,10,13,17-18H,1-2,8-9,11-12H2,(H,25,26)(H2,22,23,27). The van der Waals surface area contributed by atoms with E-state index in [1.165, 1.54) is 12.8 Å². The smallest absolute Gasteiger partial charge is 0.319 e. The number of rotatable bonds is 7. The number of aliphatic carboxylic acids is 1. The van der Waals surface area contributed by atoms with Gasteiger partial charge in [0.1, 0.15) is 0 Å². The van der Waals surface area contributed by atoms with Crippen molar-refractivity contribution in [3.8, 4) is 0 Å². The zero-order chi connectivity index (χ0) is 18.8. The second-order valence-corrected chi connectivity index (χ2v) is 7.62. The fourth-order valence-corrected chi connectivity index (χ4v) is 3.67. The largest absolute Gasteiger partial charge is 0.480 e. The van der Waals surface area contributed by atoms with Crippen LogP contribution in [0.2, 0.25) is 0 Å². The highest BCUT2D eigenvalue weighted by molar-refractivity contribution is 5.93. The number of urea groups is 1. The molecule has 2 fully saturated rings. The molecule has 1 aromatic carbocycles. The molecule has 0 unspecified atom stereocenters. The lowest BCUT2D eigenvalue weighted by atomic mass is 9.85. The lowest BCUT2D eigenvalue weighted by Crippen LogP contribution is -2.55. The number of amides is 2. The minimum Gasteiger partial charge on any atom is -0.480 e. The van der Waals surface area contributed by atoms with Crippen LogP contribution in [0.25, 0.3) is 10.8 Å². The first-order valence-electron chi connectivity index (χ1n) is 9.44. The van der Waals surface area contributed by atoms with Gasteiger partial charge >= 0.3 is 12.0 Å². The van der Waals surface area contributed by atoms with E-state index in [9.17, 15) is 9.59 Å². The van der Waals surface area contributed by atoms with Gasteiger partial charge in [-0.3, -0.25) is 14.7 Å². The Bertz CT molecular complexity index is 846. The van der Waals surface area contributed by atoms with Gasteiger partial charge < -0.3 is 15.7 Å². The SMILES string of the molecule is O=C(O)CN(CC1CC1)C1CC(NC(=O)Nc2ccc3cnccc3c2)C1. The fraction of sp³-hybridized carbons (Fsp3) is 0.450. The number of hydrogen-bond acceptors (Lipinski definition) is 4. The summed E-state index contributed by atoms with van der Waals surface area (Å²) < 4.78 is 0. The zero-order valence-corrected chi connectivity index (χ0v) is 15.1. The molecule has 1 aromatic heterocycles. The lowest BCUT2D eigenvalue weighted by Gasteiger charge is -2.42. The quantitative estimate of drug-likeness (QED) is 0.698. The number of carboxylic acid groups (broad SMARTS) is 1. The van der Waals surface area contributed by atoms with E-state index in [1.807, 2.05) is 24.3 Å². The number of carbonyl (C=O) groups excluding carboxylic acids is 1. The number of nitrogens with zero attached hydrogens (tertiary/aromatic N) is 2. The summed E-state index contributed by atoms with van der Waals surface area (Å²) in [4.78, 5) is 29.5. The number of fused-ring (bicyclic) bond motifs is 1. The second kappa shape index (κ2) is 7.52. The van der Waals surface area contributed by atoms with Crippen molar-refractivity contribution in [3.05, 3.63) is 36.7 Å². The maximum absolute atomic E-state index is 12.3. The van der Waals surface area contributed by atoms with Crippen LogP contribution in [0.4, 0.5) is 10.5 Å². The lowest BCUT2D eigenvalue weighted by molar-refractivity contribution is -0.139. The maximum atomic E-state index is 12.3. The topological polar surface area (TPSA) is 94.6 Å². The molecule has 2 aromatic rings. The van der Waals surface area contributed by atoms with Crippen molar-refractivity contribution in [1.29, 1.82) is 0 Å². The predicted octanol–water partition coefficient (Wildman–Crippen LogP) is 2.68. The molecule has 0 saturated heterocycles. The van der Waals surface area contributed by atoms with Gasteiger partial charge in [0.25, 0.3) is 0 Å².